The fourth-order valence-corrected chi connectivity index (χ4v) is 1.50. The normalized spacial score (nSPS) is 14.5. The van der Waals surface area contributed by atoms with Crippen molar-refractivity contribution in [3.63, 3.8) is 0 Å². The van der Waals surface area contributed by atoms with Crippen LogP contribution in [0.2, 0.25) is 0 Å². The van der Waals surface area contributed by atoms with Crippen molar-refractivity contribution in [2.45, 2.75) is 19.4 Å². The fraction of sp³-hybridized carbons (Fsp3) is 0.417. The number of rotatable bonds is 4. The standard InChI is InChI=1S/C12H14O5/c1-2-5-15-12(14)11(13)8-3-4-9-10(6-8)17-7-16-9/h3-4,6,11,13H,2,5,7H2,1H3. The first-order chi connectivity index (χ1) is 8.22. The lowest BCUT2D eigenvalue weighted by molar-refractivity contribution is -0.153. The molecule has 0 aliphatic carbocycles. The molecule has 0 bridgehead atoms. The Hall–Kier alpha value is -1.75. The van der Waals surface area contributed by atoms with Crippen molar-refractivity contribution in [3.8, 4) is 11.5 Å². The molecular formula is C12H14O5. The third kappa shape index (κ3) is 2.50. The maximum Gasteiger partial charge on any atom is 0.339 e. The van der Waals surface area contributed by atoms with Gasteiger partial charge in [-0.15, -0.1) is 0 Å². The van der Waals surface area contributed by atoms with Crippen LogP contribution in [0.15, 0.2) is 18.2 Å². The number of hydrogen-bond donors (Lipinski definition) is 1. The average Bonchev–Trinajstić information content (AvgIpc) is 2.81. The molecule has 0 radical (unpaired) electrons. The second-order valence-electron chi connectivity index (χ2n) is 3.68. The highest BCUT2D eigenvalue weighted by molar-refractivity contribution is 5.76. The maximum atomic E-state index is 11.5. The molecule has 92 valence electrons. The number of esters is 1. The lowest BCUT2D eigenvalue weighted by Crippen LogP contribution is -2.15. The summed E-state index contributed by atoms with van der Waals surface area (Å²) >= 11 is 0. The summed E-state index contributed by atoms with van der Waals surface area (Å²) in [5, 5.41) is 9.78. The first kappa shape index (κ1) is 11.7. The molecular weight excluding hydrogens is 224 g/mol. The fourth-order valence-electron chi connectivity index (χ4n) is 1.50. The first-order valence-electron chi connectivity index (χ1n) is 5.46. The summed E-state index contributed by atoms with van der Waals surface area (Å²) in [5.74, 6) is 0.499. The van der Waals surface area contributed by atoms with Crippen molar-refractivity contribution in [2.24, 2.45) is 0 Å². The minimum atomic E-state index is -1.28. The molecule has 5 heteroatoms. The van der Waals surface area contributed by atoms with E-state index in [0.717, 1.165) is 6.42 Å². The molecule has 1 aromatic rings. The van der Waals surface area contributed by atoms with Gasteiger partial charge in [0.05, 0.1) is 6.61 Å². The Morgan fingerprint density at radius 3 is 3.00 bits per heavy atom. The Kier molecular flexibility index (Phi) is 3.49. The van der Waals surface area contributed by atoms with Gasteiger partial charge < -0.3 is 19.3 Å². The highest BCUT2D eigenvalue weighted by Crippen LogP contribution is 2.34. The summed E-state index contributed by atoms with van der Waals surface area (Å²) in [7, 11) is 0. The summed E-state index contributed by atoms with van der Waals surface area (Å²) in [6, 6.07) is 4.86. The summed E-state index contributed by atoms with van der Waals surface area (Å²) in [6.07, 6.45) is -0.560. The molecule has 1 unspecified atom stereocenters. The molecule has 0 amide bonds. The van der Waals surface area contributed by atoms with Crippen LogP contribution in [0.25, 0.3) is 0 Å². The van der Waals surface area contributed by atoms with Crippen LogP contribution < -0.4 is 9.47 Å². The van der Waals surface area contributed by atoms with Crippen LogP contribution in [-0.2, 0) is 9.53 Å². The highest BCUT2D eigenvalue weighted by atomic mass is 16.7. The number of carbonyl (C=O) groups is 1. The van der Waals surface area contributed by atoms with Crippen molar-refractivity contribution < 1.29 is 24.1 Å². The third-order valence-corrected chi connectivity index (χ3v) is 2.38. The molecule has 1 aliphatic heterocycles. The molecule has 1 N–H and O–H groups in total. The Morgan fingerprint density at radius 1 is 1.47 bits per heavy atom. The number of carbonyl (C=O) groups excluding carboxylic acids is 1. The number of ether oxygens (including phenoxy) is 3. The Morgan fingerprint density at radius 2 is 2.24 bits per heavy atom. The highest BCUT2D eigenvalue weighted by Gasteiger charge is 2.22. The molecule has 5 nitrogen and oxygen atoms in total. The van der Waals surface area contributed by atoms with Crippen LogP contribution in [0, 0.1) is 0 Å². The molecule has 1 heterocycles. The van der Waals surface area contributed by atoms with E-state index >= 15 is 0 Å². The molecule has 0 spiro atoms. The molecule has 1 aliphatic rings. The zero-order chi connectivity index (χ0) is 12.3. The quantitative estimate of drug-likeness (QED) is 0.803. The van der Waals surface area contributed by atoms with Crippen LogP contribution in [0.5, 0.6) is 11.5 Å². The van der Waals surface area contributed by atoms with E-state index in [2.05, 4.69) is 0 Å². The summed E-state index contributed by atoms with van der Waals surface area (Å²) in [5.41, 5.74) is 0.440. The van der Waals surface area contributed by atoms with E-state index in [-0.39, 0.29) is 6.79 Å². The van der Waals surface area contributed by atoms with Crippen LogP contribution >= 0.6 is 0 Å². The van der Waals surface area contributed by atoms with Gasteiger partial charge in [-0.3, -0.25) is 0 Å². The lowest BCUT2D eigenvalue weighted by atomic mass is 10.1. The van der Waals surface area contributed by atoms with E-state index in [1.54, 1.807) is 18.2 Å². The van der Waals surface area contributed by atoms with Crippen molar-refractivity contribution in [2.75, 3.05) is 13.4 Å². The predicted molar refractivity (Wildman–Crippen MR) is 58.8 cm³/mol. The van der Waals surface area contributed by atoms with Crippen LogP contribution in [0.3, 0.4) is 0 Å². The van der Waals surface area contributed by atoms with Gasteiger partial charge >= 0.3 is 5.97 Å². The number of aliphatic hydroxyl groups is 1. The predicted octanol–water partition coefficient (Wildman–Crippen LogP) is 1.40. The van der Waals surface area contributed by atoms with Gasteiger partial charge in [0.1, 0.15) is 0 Å². The molecule has 17 heavy (non-hydrogen) atoms. The summed E-state index contributed by atoms with van der Waals surface area (Å²) < 4.78 is 15.2. The average molecular weight is 238 g/mol. The van der Waals surface area contributed by atoms with E-state index in [1.807, 2.05) is 6.92 Å². The van der Waals surface area contributed by atoms with E-state index in [4.69, 9.17) is 14.2 Å². The summed E-state index contributed by atoms with van der Waals surface area (Å²) in [4.78, 5) is 11.5. The van der Waals surface area contributed by atoms with Gasteiger partial charge in [0, 0.05) is 0 Å². The second-order valence-corrected chi connectivity index (χ2v) is 3.68. The number of benzene rings is 1. The van der Waals surface area contributed by atoms with Gasteiger partial charge in [0.15, 0.2) is 17.6 Å². The Labute approximate surface area is 98.9 Å². The van der Waals surface area contributed by atoms with Crippen molar-refractivity contribution in [1.29, 1.82) is 0 Å². The topological polar surface area (TPSA) is 65.0 Å². The molecule has 0 aromatic heterocycles. The van der Waals surface area contributed by atoms with Gasteiger partial charge in [-0.25, -0.2) is 4.79 Å². The zero-order valence-corrected chi connectivity index (χ0v) is 9.51. The zero-order valence-electron chi connectivity index (χ0n) is 9.51. The smallest absolute Gasteiger partial charge is 0.339 e. The number of hydrogen-bond acceptors (Lipinski definition) is 5. The molecule has 0 saturated carbocycles. The maximum absolute atomic E-state index is 11.5. The van der Waals surface area contributed by atoms with E-state index < -0.39 is 12.1 Å². The van der Waals surface area contributed by atoms with Crippen molar-refractivity contribution in [3.05, 3.63) is 23.8 Å². The van der Waals surface area contributed by atoms with Crippen LogP contribution in [0.1, 0.15) is 25.0 Å². The van der Waals surface area contributed by atoms with Gasteiger partial charge in [-0.05, 0) is 24.1 Å². The van der Waals surface area contributed by atoms with E-state index in [0.29, 0.717) is 23.7 Å². The molecule has 0 fully saturated rings. The monoisotopic (exact) mass is 238 g/mol. The third-order valence-electron chi connectivity index (χ3n) is 2.38. The molecule has 1 atom stereocenters. The number of aliphatic hydroxyl groups excluding tert-OH is 1. The Balaban J connectivity index is 2.09. The number of fused-ring (bicyclic) bond motifs is 1. The molecule has 2 rings (SSSR count). The molecule has 1 aromatic carbocycles. The van der Waals surface area contributed by atoms with Gasteiger partial charge in [0.2, 0.25) is 6.79 Å². The van der Waals surface area contributed by atoms with Gasteiger partial charge in [0.25, 0.3) is 0 Å². The van der Waals surface area contributed by atoms with Crippen LogP contribution in [-0.4, -0.2) is 24.5 Å². The minimum absolute atomic E-state index is 0.162. The largest absolute Gasteiger partial charge is 0.464 e. The first-order valence-corrected chi connectivity index (χ1v) is 5.46. The second kappa shape index (κ2) is 5.05. The van der Waals surface area contributed by atoms with Crippen molar-refractivity contribution in [1.82, 2.24) is 0 Å². The van der Waals surface area contributed by atoms with E-state index in [9.17, 15) is 9.90 Å². The van der Waals surface area contributed by atoms with Crippen LogP contribution in [0.4, 0.5) is 0 Å². The van der Waals surface area contributed by atoms with Crippen molar-refractivity contribution >= 4 is 5.97 Å². The minimum Gasteiger partial charge on any atom is -0.464 e. The van der Waals surface area contributed by atoms with Gasteiger partial charge in [-0.2, -0.15) is 0 Å². The lowest BCUT2D eigenvalue weighted by Gasteiger charge is -2.10. The van der Waals surface area contributed by atoms with Gasteiger partial charge in [-0.1, -0.05) is 13.0 Å². The summed E-state index contributed by atoms with van der Waals surface area (Å²) in [6.45, 7) is 2.36. The van der Waals surface area contributed by atoms with E-state index in [1.165, 1.54) is 0 Å². The SMILES string of the molecule is CCCOC(=O)C(O)c1ccc2c(c1)OCO2. The molecule has 0 saturated heterocycles. The Bertz CT molecular complexity index is 415.